The third-order valence-electron chi connectivity index (χ3n) is 4.90. The van der Waals surface area contributed by atoms with Crippen LogP contribution < -0.4 is 10.6 Å². The highest BCUT2D eigenvalue weighted by atomic mass is 32.2. The molecule has 0 bridgehead atoms. The number of β-amino-alcohol motifs (C(OH)–C–C–N with tert-alkyl or cyclic N) is 1. The molecule has 12 heteroatoms. The van der Waals surface area contributed by atoms with Crippen LogP contribution in [0.25, 0.3) is 10.2 Å². The Bertz CT molecular complexity index is 1150. The monoisotopic (exact) mass is 480 g/mol. The molecule has 3 N–H and O–H groups in total. The second kappa shape index (κ2) is 9.25. The molecule has 0 radical (unpaired) electrons. The van der Waals surface area contributed by atoms with E-state index in [4.69, 9.17) is 0 Å². The summed E-state index contributed by atoms with van der Waals surface area (Å²) < 4.78 is 27.3. The van der Waals surface area contributed by atoms with Gasteiger partial charge >= 0.3 is 0 Å². The predicted molar refractivity (Wildman–Crippen MR) is 124 cm³/mol. The van der Waals surface area contributed by atoms with Crippen LogP contribution in [0.1, 0.15) is 6.92 Å². The van der Waals surface area contributed by atoms with Crippen LogP contribution in [0, 0.1) is 5.92 Å². The predicted octanol–water partition coefficient (Wildman–Crippen LogP) is 2.33. The maximum Gasteiger partial charge on any atom is 0.243 e. The summed E-state index contributed by atoms with van der Waals surface area (Å²) in [4.78, 5) is 14.4. The van der Waals surface area contributed by atoms with E-state index in [-0.39, 0.29) is 18.0 Å². The smallest absolute Gasteiger partial charge is 0.243 e. The molecule has 31 heavy (non-hydrogen) atoms. The number of hydrogen-bond acceptors (Lipinski definition) is 10. The van der Waals surface area contributed by atoms with Crippen molar-refractivity contribution in [3.63, 3.8) is 0 Å². The summed E-state index contributed by atoms with van der Waals surface area (Å²) in [6.07, 6.45) is 5.00. The number of aliphatic hydroxyl groups is 1. The molecule has 2 aromatic heterocycles. The molecule has 9 nitrogen and oxygen atoms in total. The molecule has 0 spiro atoms. The first kappa shape index (κ1) is 22.2. The third kappa shape index (κ3) is 5.09. The van der Waals surface area contributed by atoms with E-state index in [1.165, 1.54) is 15.6 Å². The van der Waals surface area contributed by atoms with Crippen LogP contribution in [0.3, 0.4) is 0 Å². The Morgan fingerprint density at radius 3 is 2.65 bits per heavy atom. The van der Waals surface area contributed by atoms with E-state index in [0.717, 1.165) is 20.2 Å². The molecule has 0 aliphatic carbocycles. The zero-order valence-corrected chi connectivity index (χ0v) is 19.6. The van der Waals surface area contributed by atoms with E-state index < -0.39 is 16.1 Å². The molecule has 1 atom stereocenters. The fraction of sp³-hybridized carbons (Fsp3) is 0.421. The largest absolute Gasteiger partial charge is 0.390 e. The molecule has 1 fully saturated rings. The normalized spacial score (nSPS) is 16.2. The summed E-state index contributed by atoms with van der Waals surface area (Å²) in [6, 6.07) is 4.94. The summed E-state index contributed by atoms with van der Waals surface area (Å²) in [7, 11) is -3.57. The molecule has 1 unspecified atom stereocenters. The van der Waals surface area contributed by atoms with Gasteiger partial charge in [-0.1, -0.05) is 18.3 Å². The molecule has 3 aromatic rings. The van der Waals surface area contributed by atoms with Crippen LogP contribution in [0.5, 0.6) is 0 Å². The summed E-state index contributed by atoms with van der Waals surface area (Å²) in [6.45, 7) is 3.81. The maximum atomic E-state index is 12.6. The minimum absolute atomic E-state index is 0.147. The summed E-state index contributed by atoms with van der Waals surface area (Å²) in [5, 5.41) is 16.7. The van der Waals surface area contributed by atoms with E-state index >= 15 is 0 Å². The Labute approximate surface area is 189 Å². The van der Waals surface area contributed by atoms with Gasteiger partial charge in [0.1, 0.15) is 0 Å². The number of nitrogens with one attached hydrogen (secondary N) is 2. The summed E-state index contributed by atoms with van der Waals surface area (Å²) >= 11 is 3.03. The Kier molecular flexibility index (Phi) is 6.63. The van der Waals surface area contributed by atoms with Crippen molar-refractivity contribution in [2.45, 2.75) is 22.8 Å². The first-order valence-electron chi connectivity index (χ1n) is 9.77. The molecule has 1 aliphatic rings. The van der Waals surface area contributed by atoms with Gasteiger partial charge in [-0.15, -0.1) is 11.8 Å². The summed E-state index contributed by atoms with van der Waals surface area (Å²) in [5.74, 6) is 0.901. The van der Waals surface area contributed by atoms with Crippen LogP contribution in [0.2, 0.25) is 0 Å². The van der Waals surface area contributed by atoms with E-state index in [2.05, 4.69) is 32.5 Å². The lowest BCUT2D eigenvalue weighted by Gasteiger charge is -2.34. The summed E-state index contributed by atoms with van der Waals surface area (Å²) in [5.41, 5.74) is 0.753. The highest BCUT2D eigenvalue weighted by molar-refractivity contribution is 7.98. The molecule has 1 aliphatic heterocycles. The van der Waals surface area contributed by atoms with Gasteiger partial charge < -0.3 is 15.7 Å². The van der Waals surface area contributed by atoms with Crippen molar-refractivity contribution in [2.24, 2.45) is 5.92 Å². The number of anilines is 2. The second-order valence-corrected chi connectivity index (χ2v) is 11.3. The van der Waals surface area contributed by atoms with Crippen molar-refractivity contribution < 1.29 is 13.5 Å². The number of sulfonamides is 1. The topological polar surface area (TPSA) is 120 Å². The average Bonchev–Trinajstić information content (AvgIpc) is 3.16. The lowest BCUT2D eigenvalue weighted by atomic mass is 10.2. The van der Waals surface area contributed by atoms with Crippen LogP contribution in [0.4, 0.5) is 11.1 Å². The van der Waals surface area contributed by atoms with E-state index in [0.29, 0.717) is 25.0 Å². The van der Waals surface area contributed by atoms with Gasteiger partial charge in [0.25, 0.3) is 0 Å². The second-order valence-electron chi connectivity index (χ2n) is 7.44. The lowest BCUT2D eigenvalue weighted by Crippen LogP contribution is -2.53. The van der Waals surface area contributed by atoms with Crippen molar-refractivity contribution in [2.75, 3.05) is 43.1 Å². The zero-order valence-electron chi connectivity index (χ0n) is 17.1. The van der Waals surface area contributed by atoms with Gasteiger partial charge in [0.15, 0.2) is 5.13 Å². The van der Waals surface area contributed by atoms with Crippen LogP contribution in [0.15, 0.2) is 40.4 Å². The molecule has 3 heterocycles. The van der Waals surface area contributed by atoms with Gasteiger partial charge in [-0.2, -0.15) is 4.31 Å². The molecule has 0 amide bonds. The van der Waals surface area contributed by atoms with Crippen molar-refractivity contribution in [3.05, 3.63) is 30.6 Å². The van der Waals surface area contributed by atoms with Crippen molar-refractivity contribution in [3.8, 4) is 0 Å². The van der Waals surface area contributed by atoms with Crippen LogP contribution in [-0.4, -0.2) is 71.3 Å². The maximum absolute atomic E-state index is 12.6. The molecular formula is C19H24N6O3S3. The van der Waals surface area contributed by atoms with Gasteiger partial charge in [0.2, 0.25) is 16.0 Å². The van der Waals surface area contributed by atoms with Crippen molar-refractivity contribution in [1.82, 2.24) is 19.3 Å². The Morgan fingerprint density at radius 1 is 1.26 bits per heavy atom. The van der Waals surface area contributed by atoms with Gasteiger partial charge in [-0.05, 0) is 30.4 Å². The molecule has 4 rings (SSSR count). The number of aliphatic hydroxyl groups excluding tert-OH is 1. The van der Waals surface area contributed by atoms with Crippen LogP contribution >= 0.6 is 23.1 Å². The SMILES string of the molecule is CSc1cnc(NCC(C)CNc2nc3ccc(S(=O)(=O)N4CC(O)C4)cc3s2)nc1. The van der Waals surface area contributed by atoms with E-state index in [1.807, 2.05) is 6.26 Å². The highest BCUT2D eigenvalue weighted by Gasteiger charge is 2.35. The average molecular weight is 481 g/mol. The van der Waals surface area contributed by atoms with E-state index in [1.54, 1.807) is 42.4 Å². The number of rotatable bonds is 9. The van der Waals surface area contributed by atoms with Crippen molar-refractivity contribution >= 4 is 54.4 Å². The number of benzene rings is 1. The molecular weight excluding hydrogens is 456 g/mol. The first-order valence-corrected chi connectivity index (χ1v) is 13.3. The Morgan fingerprint density at radius 2 is 1.97 bits per heavy atom. The molecule has 1 saturated heterocycles. The van der Waals surface area contributed by atoms with Gasteiger partial charge in [0, 0.05) is 43.5 Å². The number of aromatic nitrogens is 3. The molecule has 166 valence electrons. The fourth-order valence-corrected chi connectivity index (χ4v) is 5.86. The van der Waals surface area contributed by atoms with Crippen molar-refractivity contribution in [1.29, 1.82) is 0 Å². The van der Waals surface area contributed by atoms with Gasteiger partial charge in [-0.3, -0.25) is 0 Å². The standard InChI is InChI=1S/C19H24N6O3S3/c1-12(6-20-18-21-8-14(29-2)9-22-18)7-23-19-24-16-4-3-15(5-17(16)30-19)31(27,28)25-10-13(26)11-25/h3-5,8-9,12-13,26H,6-7,10-11H2,1-2H3,(H,23,24)(H,20,21,22). The number of nitrogens with zero attached hydrogens (tertiary/aromatic N) is 4. The highest BCUT2D eigenvalue weighted by Crippen LogP contribution is 2.30. The van der Waals surface area contributed by atoms with E-state index in [9.17, 15) is 13.5 Å². The number of fused-ring (bicyclic) bond motifs is 1. The number of thiazole rings is 1. The quantitative estimate of drug-likeness (QED) is 0.396. The number of hydrogen-bond donors (Lipinski definition) is 3. The number of thioether (sulfide) groups is 1. The minimum atomic E-state index is -3.57. The minimum Gasteiger partial charge on any atom is -0.390 e. The van der Waals surface area contributed by atoms with Crippen LogP contribution in [-0.2, 0) is 10.0 Å². The lowest BCUT2D eigenvalue weighted by molar-refractivity contribution is 0.0548. The third-order valence-corrected chi connectivity index (χ3v) is 8.39. The Balaban J connectivity index is 1.34. The first-order chi connectivity index (χ1) is 14.8. The molecule has 0 saturated carbocycles. The Hall–Kier alpha value is -1.99. The fourth-order valence-electron chi connectivity index (χ4n) is 3.02. The zero-order chi connectivity index (χ0) is 22.0. The molecule has 1 aromatic carbocycles. The van der Waals surface area contributed by atoms with Gasteiger partial charge in [-0.25, -0.2) is 23.4 Å². The van der Waals surface area contributed by atoms with Gasteiger partial charge in [0.05, 0.1) is 21.2 Å².